The molecule has 0 N–H and O–H groups in total. The van der Waals surface area contributed by atoms with Crippen LogP contribution < -0.4 is 37.7 Å². The fraction of sp³-hybridized carbons (Fsp3) is 0.318. The zero-order valence-electron chi connectivity index (χ0n) is 30.3. The van der Waals surface area contributed by atoms with Gasteiger partial charge in [-0.15, -0.1) is 41.5 Å². The van der Waals surface area contributed by atoms with Crippen LogP contribution >= 0.6 is 0 Å². The second-order valence-corrected chi connectivity index (χ2v) is 18.1. The van der Waals surface area contributed by atoms with E-state index in [0.717, 1.165) is 6.42 Å². The Morgan fingerprint density at radius 3 is 2.21 bits per heavy atom. The van der Waals surface area contributed by atoms with E-state index in [0.29, 0.717) is 0 Å². The molecule has 3 heteroatoms. The first-order valence-electron chi connectivity index (χ1n) is 16.9. The Kier molecular flexibility index (Phi) is 8.87. The molecule has 226 valence electrons. The van der Waals surface area contributed by atoms with Crippen LogP contribution in [-0.2, 0) is 29.7 Å². The predicted molar refractivity (Wildman–Crippen MR) is 195 cm³/mol. The molecule has 0 radical (unpaired) electrons. The summed E-state index contributed by atoms with van der Waals surface area (Å²) in [6.45, 7) is 18.8. The first-order valence-corrected chi connectivity index (χ1v) is 18.4. The van der Waals surface area contributed by atoms with Crippen LogP contribution in [0.2, 0.25) is 0 Å². The van der Waals surface area contributed by atoms with E-state index in [9.17, 15) is 0 Å². The average Bonchev–Trinajstić information content (AvgIpc) is 3.75. The Bertz CT molecular complexity index is 2130. The first-order chi connectivity index (χ1) is 21.5. The Balaban J connectivity index is 0.00000193. The largest absolute Gasteiger partial charge is 1.00 e. The first kappa shape index (κ1) is 34.4. The molecule has 5 aromatic rings. The van der Waals surface area contributed by atoms with Gasteiger partial charge in [-0.25, -0.2) is 5.57 Å². The molecule has 3 aliphatic carbocycles. The number of aryl methyl sites for hydroxylation is 2. The molecule has 47 heavy (non-hydrogen) atoms. The van der Waals surface area contributed by atoms with Crippen molar-refractivity contribution in [2.75, 3.05) is 0 Å². The van der Waals surface area contributed by atoms with Gasteiger partial charge in [-0.2, -0.15) is 11.1 Å². The summed E-state index contributed by atoms with van der Waals surface area (Å²) in [4.78, 5) is 0. The SMILES string of the molecule is CC1=[C-]C(C)([si]2c(-[c-]3c(C)cc4c(-c5ccc(C(C)(C)C)cc5)c5c(cc43)CCC5)ccc3c2Cc2ccccc2-3)C(C)=C1C.[Li+].[Li+]. The van der Waals surface area contributed by atoms with Crippen molar-refractivity contribution in [1.82, 2.24) is 0 Å². The van der Waals surface area contributed by atoms with Crippen molar-refractivity contribution >= 4 is 19.2 Å². The summed E-state index contributed by atoms with van der Waals surface area (Å²) in [6, 6.07) is 28.7. The van der Waals surface area contributed by atoms with E-state index in [-0.39, 0.29) is 48.2 Å². The van der Waals surface area contributed by atoms with E-state index in [1.807, 2.05) is 0 Å². The summed E-state index contributed by atoms with van der Waals surface area (Å²) in [5.74, 6) is 0. The average molecular weight is 615 g/mol. The molecule has 0 spiro atoms. The zero-order valence-corrected chi connectivity index (χ0v) is 31.3. The van der Waals surface area contributed by atoms with Crippen LogP contribution in [-0.4, -0.2) is 8.40 Å². The van der Waals surface area contributed by atoms with E-state index in [2.05, 4.69) is 134 Å². The van der Waals surface area contributed by atoms with Crippen molar-refractivity contribution in [1.29, 1.82) is 0 Å². The zero-order chi connectivity index (χ0) is 31.4. The summed E-state index contributed by atoms with van der Waals surface area (Å²) in [5, 5.41) is 6.07. The number of rotatable bonds is 3. The van der Waals surface area contributed by atoms with E-state index in [1.165, 1.54) is 91.3 Å². The Hall–Kier alpha value is -2.49. The van der Waals surface area contributed by atoms with Crippen molar-refractivity contribution in [2.24, 2.45) is 0 Å². The van der Waals surface area contributed by atoms with Crippen molar-refractivity contribution in [3.63, 3.8) is 0 Å². The fourth-order valence-electron chi connectivity index (χ4n) is 8.90. The number of fused-ring (bicyclic) bond motifs is 5. The van der Waals surface area contributed by atoms with Crippen molar-refractivity contribution in [3.05, 3.63) is 129 Å². The van der Waals surface area contributed by atoms with Crippen LogP contribution in [0.4, 0.5) is 0 Å². The van der Waals surface area contributed by atoms with Crippen LogP contribution in [0.5, 0.6) is 0 Å². The van der Waals surface area contributed by atoms with Crippen LogP contribution in [0.1, 0.15) is 87.9 Å². The summed E-state index contributed by atoms with van der Waals surface area (Å²) in [5.41, 5.74) is 19.2. The topological polar surface area (TPSA) is 0 Å². The minimum Gasteiger partial charge on any atom is -0.262 e. The van der Waals surface area contributed by atoms with Gasteiger partial charge in [0.05, 0.1) is 0 Å². The van der Waals surface area contributed by atoms with E-state index in [4.69, 9.17) is 0 Å². The number of allylic oxidation sites excluding steroid dienone is 4. The summed E-state index contributed by atoms with van der Waals surface area (Å²) < 4.78 is 0. The molecule has 0 saturated carbocycles. The van der Waals surface area contributed by atoms with Crippen LogP contribution in [0.25, 0.3) is 43.8 Å². The molecule has 0 fully saturated rings. The monoisotopic (exact) mass is 614 g/mol. The third-order valence-electron chi connectivity index (χ3n) is 11.6. The molecule has 1 unspecified atom stereocenters. The summed E-state index contributed by atoms with van der Waals surface area (Å²) >= 11 is 0. The van der Waals surface area contributed by atoms with E-state index >= 15 is 0 Å². The normalized spacial score (nSPS) is 18.1. The van der Waals surface area contributed by atoms with Crippen LogP contribution in [0.15, 0.2) is 89.5 Å². The van der Waals surface area contributed by atoms with Gasteiger partial charge >= 0.3 is 37.7 Å². The summed E-state index contributed by atoms with van der Waals surface area (Å²) in [7, 11) is -1.25. The van der Waals surface area contributed by atoms with Gasteiger partial charge in [0.15, 0.2) is 0 Å². The predicted octanol–water partition coefficient (Wildman–Crippen LogP) is 5.41. The van der Waals surface area contributed by atoms with Gasteiger partial charge in [-0.05, 0) is 64.5 Å². The molecular weight excluding hydrogens is 570 g/mol. The second-order valence-electron chi connectivity index (χ2n) is 15.2. The molecule has 1 atom stereocenters. The number of hydrogen-bond acceptors (Lipinski definition) is 0. The van der Waals surface area contributed by atoms with Gasteiger partial charge in [-0.3, -0.25) is 6.08 Å². The molecular formula is C44H44Li2Si. The van der Waals surface area contributed by atoms with Gasteiger partial charge in [-0.1, -0.05) is 135 Å². The van der Waals surface area contributed by atoms with Crippen molar-refractivity contribution < 1.29 is 37.7 Å². The van der Waals surface area contributed by atoms with Gasteiger partial charge in [0.2, 0.25) is 0 Å². The molecule has 3 aliphatic rings. The quantitative estimate of drug-likeness (QED) is 0.185. The maximum atomic E-state index is 4.09. The molecule has 0 amide bonds. The fourth-order valence-corrected chi connectivity index (χ4v) is 12.9. The second kappa shape index (κ2) is 12.1. The van der Waals surface area contributed by atoms with Gasteiger partial charge in [0.25, 0.3) is 0 Å². The smallest absolute Gasteiger partial charge is 0.262 e. The van der Waals surface area contributed by atoms with Gasteiger partial charge in [0.1, 0.15) is 0 Å². The van der Waals surface area contributed by atoms with Gasteiger partial charge in [0, 0.05) is 8.40 Å². The van der Waals surface area contributed by atoms with Gasteiger partial charge < -0.3 is 0 Å². The molecule has 8 rings (SSSR count). The molecule has 0 nitrogen and oxygen atoms in total. The van der Waals surface area contributed by atoms with Crippen LogP contribution in [0.3, 0.4) is 0 Å². The standard InChI is InChI=1S/C44H44Si.2Li/c1-26-22-37-38(23-31-13-11-15-35(31)42(37)30-16-18-33(19-17-30)43(5,6)7)41(26)39-21-20-36-34-14-10-9-12-32(34)24-40(36)45(39)44(8)25-27(2)28(3)29(44)4;;/h9-10,12,14,16-23H,11,13,15,24H2,1-8H3;;/q-2;2*+1. The molecule has 4 aromatic carbocycles. The molecule has 1 aromatic heterocycles. The van der Waals surface area contributed by atoms with Crippen molar-refractivity contribution in [3.8, 4) is 33.0 Å². The Morgan fingerprint density at radius 1 is 0.809 bits per heavy atom. The Morgan fingerprint density at radius 2 is 1.53 bits per heavy atom. The number of hydrogen-bond donors (Lipinski definition) is 0. The molecule has 1 heterocycles. The summed E-state index contributed by atoms with van der Waals surface area (Å²) in [6.07, 6.45) is 8.78. The third kappa shape index (κ3) is 5.16. The third-order valence-corrected chi connectivity index (χ3v) is 15.1. The molecule has 0 saturated heterocycles. The van der Waals surface area contributed by atoms with E-state index < -0.39 is 8.40 Å². The molecule has 0 bridgehead atoms. The Labute approximate surface area is 308 Å². The minimum atomic E-state index is -1.25. The maximum Gasteiger partial charge on any atom is 1.00 e. The van der Waals surface area contributed by atoms with E-state index in [1.54, 1.807) is 21.5 Å². The maximum absolute atomic E-state index is 4.09. The number of benzene rings is 3. The molecule has 0 aliphatic heterocycles. The van der Waals surface area contributed by atoms with Crippen LogP contribution in [0, 0.1) is 13.0 Å². The minimum absolute atomic E-state index is 0. The van der Waals surface area contributed by atoms with Crippen molar-refractivity contribution in [2.45, 2.75) is 91.5 Å².